The Morgan fingerprint density at radius 3 is 1.64 bits per heavy atom. The van der Waals surface area contributed by atoms with E-state index in [4.69, 9.17) is 9.97 Å². The third-order valence-corrected chi connectivity index (χ3v) is 9.17. The van der Waals surface area contributed by atoms with Crippen LogP contribution in [0.5, 0.6) is 0 Å². The molecule has 0 saturated carbocycles. The second-order valence-corrected chi connectivity index (χ2v) is 12.3. The van der Waals surface area contributed by atoms with E-state index >= 15 is 0 Å². The second kappa shape index (κ2) is 12.7. The van der Waals surface area contributed by atoms with Gasteiger partial charge in [-0.05, 0) is 98.8 Å². The zero-order chi connectivity index (χ0) is 33.3. The number of fused-ring (bicyclic) bond motifs is 3. The third-order valence-electron chi connectivity index (χ3n) is 9.17. The summed E-state index contributed by atoms with van der Waals surface area (Å²) in [5.41, 5.74) is 13.1. The van der Waals surface area contributed by atoms with Gasteiger partial charge in [0.05, 0.1) is 34.0 Å². The van der Waals surface area contributed by atoms with Crippen LogP contribution < -0.4 is 0 Å². The summed E-state index contributed by atoms with van der Waals surface area (Å²) >= 11 is 0. The topological polar surface area (TPSA) is 51.6 Å². The minimum absolute atomic E-state index is 0.811. The summed E-state index contributed by atoms with van der Waals surface area (Å²) in [6.45, 7) is 0. The fourth-order valence-corrected chi connectivity index (χ4v) is 6.70. The molecule has 0 atom stereocenters. The summed E-state index contributed by atoms with van der Waals surface area (Å²) in [6, 6.07) is 59.1. The van der Waals surface area contributed by atoms with Crippen LogP contribution in [0.25, 0.3) is 89.1 Å². The second-order valence-electron chi connectivity index (χ2n) is 12.3. The molecule has 0 aliphatic rings. The van der Waals surface area contributed by atoms with Crippen LogP contribution in [0.1, 0.15) is 0 Å². The van der Waals surface area contributed by atoms with Gasteiger partial charge in [-0.1, -0.05) is 115 Å². The van der Waals surface area contributed by atoms with Crippen molar-refractivity contribution in [2.24, 2.45) is 0 Å². The van der Waals surface area contributed by atoms with E-state index in [0.29, 0.717) is 0 Å². The molecule has 4 heterocycles. The van der Waals surface area contributed by atoms with Gasteiger partial charge in [0, 0.05) is 23.3 Å². The number of hydrogen-bond donors (Lipinski definition) is 0. The number of hydrogen-bond acceptors (Lipinski definition) is 4. The Bertz CT molecular complexity index is 2560. The molecule has 0 amide bonds. The zero-order valence-electron chi connectivity index (χ0n) is 27.1. The molecule has 4 aromatic heterocycles. The molecule has 4 heteroatoms. The first kappa shape index (κ1) is 29.4. The molecule has 0 spiro atoms. The van der Waals surface area contributed by atoms with Crippen molar-refractivity contribution in [2.75, 3.05) is 0 Å². The number of pyridine rings is 4. The lowest BCUT2D eigenvalue weighted by molar-refractivity contribution is 1.22. The van der Waals surface area contributed by atoms with Gasteiger partial charge in [-0.25, -0.2) is 9.97 Å². The standard InChI is InChI=1S/C46H30N4/c1-2-11-33(12-3-1)39-30-43(49-42-24-23-34-13-4-5-16-38(34)46(39)42)36-15-10-14-35(27-36)31-19-21-32(22-20-31)37-28-44(40-17-6-8-25-47-40)50-45(29-37)41-18-7-9-26-48-41/h1-30H. The predicted octanol–water partition coefficient (Wildman–Crippen LogP) is 11.6. The van der Waals surface area contributed by atoms with Gasteiger partial charge in [-0.15, -0.1) is 0 Å². The fraction of sp³-hybridized carbons (Fsp3) is 0. The summed E-state index contributed by atoms with van der Waals surface area (Å²) < 4.78 is 0. The Morgan fingerprint density at radius 1 is 0.320 bits per heavy atom. The normalized spacial score (nSPS) is 11.2. The average molecular weight is 639 g/mol. The quantitative estimate of drug-likeness (QED) is 0.170. The van der Waals surface area contributed by atoms with Crippen LogP contribution in [0, 0.1) is 0 Å². The van der Waals surface area contributed by atoms with Gasteiger partial charge < -0.3 is 0 Å². The highest BCUT2D eigenvalue weighted by Crippen LogP contribution is 2.37. The summed E-state index contributed by atoms with van der Waals surface area (Å²) in [6.07, 6.45) is 3.59. The highest BCUT2D eigenvalue weighted by atomic mass is 14.8. The monoisotopic (exact) mass is 638 g/mol. The van der Waals surface area contributed by atoms with Crippen LogP contribution in [-0.2, 0) is 0 Å². The van der Waals surface area contributed by atoms with E-state index in [9.17, 15) is 0 Å². The van der Waals surface area contributed by atoms with Gasteiger partial charge >= 0.3 is 0 Å². The van der Waals surface area contributed by atoms with Crippen molar-refractivity contribution in [1.29, 1.82) is 0 Å². The molecule has 0 aliphatic carbocycles. The number of rotatable bonds is 6. The minimum Gasteiger partial charge on any atom is -0.255 e. The molecule has 0 N–H and O–H groups in total. The smallest absolute Gasteiger partial charge is 0.0900 e. The maximum Gasteiger partial charge on any atom is 0.0900 e. The Hall–Kier alpha value is -6.78. The lowest BCUT2D eigenvalue weighted by Crippen LogP contribution is -1.94. The average Bonchev–Trinajstić information content (AvgIpc) is 3.21. The molecule has 0 fully saturated rings. The Morgan fingerprint density at radius 2 is 0.940 bits per heavy atom. The van der Waals surface area contributed by atoms with Crippen LogP contribution in [-0.4, -0.2) is 19.9 Å². The number of benzene rings is 5. The lowest BCUT2D eigenvalue weighted by Gasteiger charge is -2.14. The van der Waals surface area contributed by atoms with Gasteiger partial charge in [0.25, 0.3) is 0 Å². The van der Waals surface area contributed by atoms with Gasteiger partial charge in [0.15, 0.2) is 0 Å². The predicted molar refractivity (Wildman–Crippen MR) is 205 cm³/mol. The van der Waals surface area contributed by atoms with Crippen LogP contribution in [0.15, 0.2) is 182 Å². The molecule has 0 bridgehead atoms. The molecule has 50 heavy (non-hydrogen) atoms. The van der Waals surface area contributed by atoms with Crippen LogP contribution >= 0.6 is 0 Å². The molecule has 4 nitrogen and oxygen atoms in total. The molecule has 0 unspecified atom stereocenters. The maximum atomic E-state index is 5.22. The molecule has 234 valence electrons. The number of aromatic nitrogens is 4. The molecule has 0 radical (unpaired) electrons. The van der Waals surface area contributed by atoms with Crippen LogP contribution in [0.4, 0.5) is 0 Å². The van der Waals surface area contributed by atoms with E-state index in [1.165, 1.54) is 27.3 Å². The fourth-order valence-electron chi connectivity index (χ4n) is 6.70. The summed E-state index contributed by atoms with van der Waals surface area (Å²) in [5.74, 6) is 0. The molecule has 9 rings (SSSR count). The van der Waals surface area contributed by atoms with Crippen molar-refractivity contribution in [3.8, 4) is 67.4 Å². The highest BCUT2D eigenvalue weighted by Gasteiger charge is 2.14. The summed E-state index contributed by atoms with van der Waals surface area (Å²) in [5, 5.41) is 3.61. The van der Waals surface area contributed by atoms with Gasteiger partial charge in [-0.3, -0.25) is 9.97 Å². The SMILES string of the molecule is c1ccc(-c2cc(-c3cccc(-c4ccc(-c5cc(-c6ccccn6)nc(-c6ccccn6)c5)cc4)c3)nc3ccc4ccccc4c23)cc1. The molecule has 0 saturated heterocycles. The van der Waals surface area contributed by atoms with Crippen molar-refractivity contribution >= 4 is 21.7 Å². The van der Waals surface area contributed by atoms with E-state index < -0.39 is 0 Å². The van der Waals surface area contributed by atoms with Gasteiger partial charge in [0.1, 0.15) is 0 Å². The largest absolute Gasteiger partial charge is 0.255 e. The zero-order valence-corrected chi connectivity index (χ0v) is 27.1. The Kier molecular flexibility index (Phi) is 7.45. The molecule has 9 aromatic rings. The molecule has 5 aromatic carbocycles. The minimum atomic E-state index is 0.811. The van der Waals surface area contributed by atoms with Crippen molar-refractivity contribution in [3.63, 3.8) is 0 Å². The van der Waals surface area contributed by atoms with Crippen LogP contribution in [0.3, 0.4) is 0 Å². The van der Waals surface area contributed by atoms with E-state index in [1.54, 1.807) is 12.4 Å². The maximum absolute atomic E-state index is 5.22. The van der Waals surface area contributed by atoms with Gasteiger partial charge in [-0.2, -0.15) is 0 Å². The van der Waals surface area contributed by atoms with Crippen molar-refractivity contribution < 1.29 is 0 Å². The summed E-state index contributed by atoms with van der Waals surface area (Å²) in [4.78, 5) is 19.3. The Labute approximate surface area is 290 Å². The van der Waals surface area contributed by atoms with Gasteiger partial charge in [0.2, 0.25) is 0 Å². The van der Waals surface area contributed by atoms with E-state index in [1.807, 2.05) is 36.4 Å². The lowest BCUT2D eigenvalue weighted by atomic mass is 9.93. The van der Waals surface area contributed by atoms with Crippen molar-refractivity contribution in [1.82, 2.24) is 19.9 Å². The van der Waals surface area contributed by atoms with Crippen molar-refractivity contribution in [2.45, 2.75) is 0 Å². The first-order chi connectivity index (χ1) is 24.8. The van der Waals surface area contributed by atoms with Crippen LogP contribution in [0.2, 0.25) is 0 Å². The van der Waals surface area contributed by atoms with E-state index in [0.717, 1.165) is 61.8 Å². The molecular formula is C46H30N4. The first-order valence-electron chi connectivity index (χ1n) is 16.7. The van der Waals surface area contributed by atoms with E-state index in [2.05, 4.69) is 143 Å². The highest BCUT2D eigenvalue weighted by molar-refractivity contribution is 6.13. The molecule has 0 aliphatic heterocycles. The Balaban J connectivity index is 1.10. The first-order valence-corrected chi connectivity index (χ1v) is 16.7. The molecular weight excluding hydrogens is 609 g/mol. The third kappa shape index (κ3) is 5.59. The van der Waals surface area contributed by atoms with E-state index in [-0.39, 0.29) is 0 Å². The number of nitrogens with zero attached hydrogens (tertiary/aromatic N) is 4. The summed E-state index contributed by atoms with van der Waals surface area (Å²) in [7, 11) is 0. The van der Waals surface area contributed by atoms with Crippen molar-refractivity contribution in [3.05, 3.63) is 182 Å².